The molecule has 0 bridgehead atoms. The van der Waals surface area contributed by atoms with Crippen LogP contribution in [0.4, 0.5) is 21.9 Å². The Bertz CT molecular complexity index is 1900. The zero-order chi connectivity index (χ0) is 34.8. The minimum absolute atomic E-state index is 0.0369. The Labute approximate surface area is 282 Å². The number of esters is 2. The van der Waals surface area contributed by atoms with Crippen molar-refractivity contribution in [2.75, 3.05) is 34.4 Å². The minimum Gasteiger partial charge on any atom is -0.506 e. The number of benzene rings is 4. The SMILES string of the molecule is CCOC(=O)CC(SC(=O)N(Cc1ccccc1)c1cccc2c(O)c(C(=O)Nc3ccc(NS(C)(=O)=O)cc3)ccc12)C(=O)OCC. The summed E-state index contributed by atoms with van der Waals surface area (Å²) >= 11 is 0.642. The highest BCUT2D eigenvalue weighted by Crippen LogP contribution is 2.37. The van der Waals surface area contributed by atoms with E-state index >= 15 is 0 Å². The van der Waals surface area contributed by atoms with Crippen LogP contribution in [0.2, 0.25) is 0 Å². The molecule has 48 heavy (non-hydrogen) atoms. The first-order valence-electron chi connectivity index (χ1n) is 14.9. The van der Waals surface area contributed by atoms with Gasteiger partial charge in [0.1, 0.15) is 11.0 Å². The van der Waals surface area contributed by atoms with Crippen molar-refractivity contribution >= 4 is 72.7 Å². The Kier molecular flexibility index (Phi) is 12.0. The fraction of sp³-hybridized carbons (Fsp3) is 0.235. The highest BCUT2D eigenvalue weighted by atomic mass is 32.2. The maximum atomic E-state index is 14.0. The van der Waals surface area contributed by atoms with E-state index in [2.05, 4.69) is 10.0 Å². The molecule has 12 nitrogen and oxygen atoms in total. The molecule has 1 unspecified atom stereocenters. The summed E-state index contributed by atoms with van der Waals surface area (Å²) in [5.74, 6) is -2.31. The molecule has 1 atom stereocenters. The number of phenolic OH excluding ortho intramolecular Hbond substituents is 1. The van der Waals surface area contributed by atoms with Crippen molar-refractivity contribution in [3.63, 3.8) is 0 Å². The summed E-state index contributed by atoms with van der Waals surface area (Å²) in [6, 6.07) is 23.1. The molecule has 2 amide bonds. The molecule has 252 valence electrons. The molecule has 3 N–H and O–H groups in total. The zero-order valence-corrected chi connectivity index (χ0v) is 28.1. The number of anilines is 3. The van der Waals surface area contributed by atoms with Gasteiger partial charge in [-0.25, -0.2) is 8.42 Å². The number of thioether (sulfide) groups is 1. The number of ether oxygens (including phenoxy) is 2. The zero-order valence-electron chi connectivity index (χ0n) is 26.5. The Balaban J connectivity index is 1.67. The van der Waals surface area contributed by atoms with Crippen LogP contribution in [-0.4, -0.2) is 61.3 Å². The number of hydrogen-bond acceptors (Lipinski definition) is 10. The van der Waals surface area contributed by atoms with Gasteiger partial charge in [-0.15, -0.1) is 0 Å². The van der Waals surface area contributed by atoms with E-state index in [0.29, 0.717) is 34.2 Å². The standard InChI is InChI=1S/C34H35N3O9S2/c1-4-45-30(38)20-29(33(41)46-5-2)47-34(42)37(21-22-10-7-6-8-11-22)28-13-9-12-26-25(28)18-19-27(31(26)39)32(40)35-23-14-16-24(17-15-23)36-48(3,43)44/h6-19,29,36,39H,4-5,20-21H2,1-3H3,(H,35,40). The summed E-state index contributed by atoms with van der Waals surface area (Å²) < 4.78 is 35.5. The summed E-state index contributed by atoms with van der Waals surface area (Å²) in [6.45, 7) is 3.53. The Morgan fingerprint density at radius 2 is 1.50 bits per heavy atom. The molecule has 0 fully saturated rings. The fourth-order valence-electron chi connectivity index (χ4n) is 4.76. The van der Waals surface area contributed by atoms with Gasteiger partial charge in [0.25, 0.3) is 11.1 Å². The Morgan fingerprint density at radius 1 is 0.833 bits per heavy atom. The summed E-state index contributed by atoms with van der Waals surface area (Å²) in [4.78, 5) is 53.7. The van der Waals surface area contributed by atoms with Crippen molar-refractivity contribution < 1.29 is 42.2 Å². The van der Waals surface area contributed by atoms with E-state index in [0.717, 1.165) is 11.8 Å². The van der Waals surface area contributed by atoms with Crippen molar-refractivity contribution in [1.82, 2.24) is 0 Å². The van der Waals surface area contributed by atoms with Gasteiger partial charge in [0, 0.05) is 22.1 Å². The van der Waals surface area contributed by atoms with Crippen molar-refractivity contribution in [2.24, 2.45) is 0 Å². The monoisotopic (exact) mass is 693 g/mol. The second kappa shape index (κ2) is 16.2. The van der Waals surface area contributed by atoms with E-state index in [-0.39, 0.29) is 42.9 Å². The van der Waals surface area contributed by atoms with E-state index in [4.69, 9.17) is 9.47 Å². The van der Waals surface area contributed by atoms with E-state index < -0.39 is 38.4 Å². The van der Waals surface area contributed by atoms with Gasteiger partial charge < -0.3 is 19.9 Å². The number of rotatable bonds is 13. The summed E-state index contributed by atoms with van der Waals surface area (Å²) in [6.07, 6.45) is 0.659. The van der Waals surface area contributed by atoms with Crippen LogP contribution >= 0.6 is 11.8 Å². The smallest absolute Gasteiger partial charge is 0.320 e. The molecule has 0 spiro atoms. The quantitative estimate of drug-likeness (QED) is 0.143. The number of phenols is 1. The van der Waals surface area contributed by atoms with E-state index in [9.17, 15) is 32.7 Å². The van der Waals surface area contributed by atoms with Crippen LogP contribution in [0, 0.1) is 0 Å². The number of hydrogen-bond donors (Lipinski definition) is 3. The largest absolute Gasteiger partial charge is 0.506 e. The van der Waals surface area contributed by atoms with Crippen molar-refractivity contribution in [2.45, 2.75) is 32.1 Å². The first kappa shape index (κ1) is 35.8. The topological polar surface area (TPSA) is 168 Å². The third-order valence-corrected chi connectivity index (χ3v) is 8.52. The summed E-state index contributed by atoms with van der Waals surface area (Å²) in [7, 11) is -3.47. The third-order valence-electron chi connectivity index (χ3n) is 6.85. The molecule has 0 saturated carbocycles. The molecule has 0 aromatic heterocycles. The van der Waals surface area contributed by atoms with Crippen LogP contribution in [0.3, 0.4) is 0 Å². The normalized spacial score (nSPS) is 11.7. The van der Waals surface area contributed by atoms with Crippen LogP contribution in [0.25, 0.3) is 10.8 Å². The fourth-order valence-corrected chi connectivity index (χ4v) is 6.24. The van der Waals surface area contributed by atoms with Crippen LogP contribution < -0.4 is 14.9 Å². The molecule has 0 aliphatic carbocycles. The van der Waals surface area contributed by atoms with Crippen molar-refractivity contribution in [3.05, 3.63) is 96.1 Å². The maximum absolute atomic E-state index is 14.0. The summed E-state index contributed by atoms with van der Waals surface area (Å²) in [5.41, 5.74) is 1.81. The summed E-state index contributed by atoms with van der Waals surface area (Å²) in [5, 5.41) is 13.0. The predicted molar refractivity (Wildman–Crippen MR) is 186 cm³/mol. The maximum Gasteiger partial charge on any atom is 0.320 e. The molecule has 0 heterocycles. The minimum atomic E-state index is -3.47. The third kappa shape index (κ3) is 9.48. The van der Waals surface area contributed by atoms with Crippen LogP contribution in [-0.2, 0) is 35.6 Å². The molecular weight excluding hydrogens is 659 g/mol. The number of aromatic hydroxyl groups is 1. The lowest BCUT2D eigenvalue weighted by atomic mass is 10.0. The number of nitrogens with zero attached hydrogens (tertiary/aromatic N) is 1. The molecule has 0 radical (unpaired) electrons. The number of fused-ring (bicyclic) bond motifs is 1. The molecule has 0 aliphatic rings. The predicted octanol–water partition coefficient (Wildman–Crippen LogP) is 5.91. The first-order chi connectivity index (χ1) is 22.9. The van der Waals surface area contributed by atoms with Gasteiger partial charge in [-0.05, 0) is 67.6 Å². The van der Waals surface area contributed by atoms with Crippen molar-refractivity contribution in [1.29, 1.82) is 0 Å². The first-order valence-corrected chi connectivity index (χ1v) is 17.7. The van der Waals surface area contributed by atoms with Gasteiger partial charge in [0.05, 0.1) is 43.7 Å². The van der Waals surface area contributed by atoms with Crippen LogP contribution in [0.5, 0.6) is 5.75 Å². The average Bonchev–Trinajstić information content (AvgIpc) is 3.04. The molecule has 14 heteroatoms. The molecule has 4 rings (SSSR count). The van der Waals surface area contributed by atoms with E-state index in [1.54, 1.807) is 38.1 Å². The molecule has 4 aromatic rings. The van der Waals surface area contributed by atoms with Gasteiger partial charge >= 0.3 is 11.9 Å². The Morgan fingerprint density at radius 3 is 2.15 bits per heavy atom. The van der Waals surface area contributed by atoms with E-state index in [1.165, 1.54) is 35.2 Å². The molecular formula is C34H35N3O9S2. The van der Waals surface area contributed by atoms with Gasteiger partial charge in [-0.2, -0.15) is 0 Å². The molecule has 4 aromatic carbocycles. The van der Waals surface area contributed by atoms with Crippen LogP contribution in [0.15, 0.2) is 84.9 Å². The average molecular weight is 694 g/mol. The lowest BCUT2D eigenvalue weighted by Gasteiger charge is -2.26. The molecule has 0 saturated heterocycles. The second-order valence-electron chi connectivity index (χ2n) is 10.4. The van der Waals surface area contributed by atoms with Crippen LogP contribution in [0.1, 0.15) is 36.2 Å². The van der Waals surface area contributed by atoms with Gasteiger partial charge in [-0.1, -0.05) is 48.5 Å². The molecule has 0 aliphatic heterocycles. The number of carbonyl (C=O) groups excluding carboxylic acids is 4. The lowest BCUT2D eigenvalue weighted by molar-refractivity contribution is -0.149. The van der Waals surface area contributed by atoms with Crippen molar-refractivity contribution in [3.8, 4) is 5.75 Å². The Hall–Kier alpha value is -5.08. The van der Waals surface area contributed by atoms with Gasteiger partial charge in [0.2, 0.25) is 10.0 Å². The highest BCUT2D eigenvalue weighted by Gasteiger charge is 2.31. The van der Waals surface area contributed by atoms with E-state index in [1.807, 2.05) is 30.3 Å². The highest BCUT2D eigenvalue weighted by molar-refractivity contribution is 8.15. The second-order valence-corrected chi connectivity index (χ2v) is 13.3. The number of sulfonamides is 1. The number of nitrogens with one attached hydrogen (secondary N) is 2. The van der Waals surface area contributed by atoms with Gasteiger partial charge in [-0.3, -0.25) is 28.8 Å². The number of carbonyl (C=O) groups is 4. The number of amides is 2. The lowest BCUT2D eigenvalue weighted by Crippen LogP contribution is -2.32. The van der Waals surface area contributed by atoms with Gasteiger partial charge in [0.15, 0.2) is 0 Å².